The third-order valence-corrected chi connectivity index (χ3v) is 4.00. The molecule has 1 aliphatic heterocycles. The fraction of sp³-hybridized carbons (Fsp3) is 0.562. The summed E-state index contributed by atoms with van der Waals surface area (Å²) in [5.74, 6) is 0.415. The van der Waals surface area contributed by atoms with E-state index in [0.717, 1.165) is 17.7 Å². The number of aromatic nitrogens is 3. The molecule has 0 aromatic carbocycles. The average Bonchev–Trinajstić information content (AvgIpc) is 3.01. The van der Waals surface area contributed by atoms with Gasteiger partial charge in [-0.05, 0) is 25.3 Å². The van der Waals surface area contributed by atoms with E-state index in [2.05, 4.69) is 23.8 Å². The van der Waals surface area contributed by atoms with Gasteiger partial charge in [-0.2, -0.15) is 0 Å². The molecule has 0 aliphatic carbocycles. The van der Waals surface area contributed by atoms with E-state index in [1.807, 2.05) is 4.57 Å². The van der Waals surface area contributed by atoms with Crippen molar-refractivity contribution in [2.45, 2.75) is 39.3 Å². The second-order valence-electron chi connectivity index (χ2n) is 6.83. The first-order valence-corrected chi connectivity index (χ1v) is 7.68. The predicted molar refractivity (Wildman–Crippen MR) is 83.5 cm³/mol. The van der Waals surface area contributed by atoms with Gasteiger partial charge in [0.1, 0.15) is 5.52 Å². The maximum absolute atomic E-state index is 12.5. The molecule has 0 spiro atoms. The van der Waals surface area contributed by atoms with Crippen LogP contribution in [-0.4, -0.2) is 49.1 Å². The monoisotopic (exact) mass is 302 g/mol. The maximum atomic E-state index is 12.5. The Morgan fingerprint density at radius 3 is 2.86 bits per heavy atom. The number of likely N-dealkylation sites (tertiary alicyclic amines) is 1. The minimum absolute atomic E-state index is 0.0921. The SMILES string of the molecule is CC(C)Cn1cnc2cc(C(=O)N3CCC(C)(O)C3)cnc21. The molecule has 0 bridgehead atoms. The highest BCUT2D eigenvalue weighted by molar-refractivity contribution is 5.96. The highest BCUT2D eigenvalue weighted by atomic mass is 16.3. The highest BCUT2D eigenvalue weighted by Gasteiger charge is 2.34. The summed E-state index contributed by atoms with van der Waals surface area (Å²) in [6.07, 6.45) is 3.99. The molecule has 3 heterocycles. The van der Waals surface area contributed by atoms with E-state index < -0.39 is 5.60 Å². The van der Waals surface area contributed by atoms with Gasteiger partial charge in [-0.15, -0.1) is 0 Å². The summed E-state index contributed by atoms with van der Waals surface area (Å²) in [6, 6.07) is 1.79. The van der Waals surface area contributed by atoms with Gasteiger partial charge in [0.25, 0.3) is 5.91 Å². The van der Waals surface area contributed by atoms with Crippen LogP contribution in [0.3, 0.4) is 0 Å². The average molecular weight is 302 g/mol. The van der Waals surface area contributed by atoms with E-state index in [9.17, 15) is 9.90 Å². The molecular formula is C16H22N4O2. The van der Waals surface area contributed by atoms with Crippen LogP contribution >= 0.6 is 0 Å². The van der Waals surface area contributed by atoms with Crippen molar-refractivity contribution in [1.82, 2.24) is 19.4 Å². The van der Waals surface area contributed by atoms with Gasteiger partial charge in [0, 0.05) is 25.8 Å². The molecule has 118 valence electrons. The molecular weight excluding hydrogens is 280 g/mol. The quantitative estimate of drug-likeness (QED) is 0.936. The van der Waals surface area contributed by atoms with Crippen LogP contribution in [-0.2, 0) is 6.54 Å². The van der Waals surface area contributed by atoms with Crippen LogP contribution in [0.5, 0.6) is 0 Å². The van der Waals surface area contributed by atoms with Crippen molar-refractivity contribution in [1.29, 1.82) is 0 Å². The standard InChI is InChI=1S/C16H22N4O2/c1-11(2)8-20-10-18-13-6-12(7-17-14(13)20)15(21)19-5-4-16(3,22)9-19/h6-7,10-11,22H,4-5,8-9H2,1-3H3. The van der Waals surface area contributed by atoms with Crippen molar-refractivity contribution in [3.63, 3.8) is 0 Å². The normalized spacial score (nSPS) is 22.0. The van der Waals surface area contributed by atoms with Gasteiger partial charge in [0.2, 0.25) is 0 Å². The molecule has 22 heavy (non-hydrogen) atoms. The van der Waals surface area contributed by atoms with E-state index in [4.69, 9.17) is 0 Å². The van der Waals surface area contributed by atoms with Gasteiger partial charge in [-0.1, -0.05) is 13.8 Å². The number of imidazole rings is 1. The lowest BCUT2D eigenvalue weighted by molar-refractivity contribution is 0.0572. The Hall–Kier alpha value is -1.95. The fourth-order valence-electron chi connectivity index (χ4n) is 2.89. The Morgan fingerprint density at radius 1 is 1.45 bits per heavy atom. The molecule has 0 radical (unpaired) electrons. The number of aliphatic hydroxyl groups is 1. The van der Waals surface area contributed by atoms with Crippen LogP contribution in [0.15, 0.2) is 18.6 Å². The molecule has 1 amide bonds. The Bertz CT molecular complexity index is 705. The second-order valence-corrected chi connectivity index (χ2v) is 6.83. The van der Waals surface area contributed by atoms with E-state index in [1.54, 1.807) is 30.4 Å². The number of hydrogen-bond donors (Lipinski definition) is 1. The fourth-order valence-corrected chi connectivity index (χ4v) is 2.89. The van der Waals surface area contributed by atoms with Crippen molar-refractivity contribution in [3.8, 4) is 0 Å². The predicted octanol–water partition coefficient (Wildman–Crippen LogP) is 1.68. The summed E-state index contributed by atoms with van der Waals surface area (Å²) in [5, 5.41) is 9.99. The lowest BCUT2D eigenvalue weighted by Crippen LogP contribution is -2.33. The topological polar surface area (TPSA) is 71.2 Å². The second kappa shape index (κ2) is 5.35. The Labute approximate surface area is 129 Å². The van der Waals surface area contributed by atoms with Gasteiger partial charge in [0.05, 0.1) is 17.5 Å². The molecule has 2 aromatic heterocycles. The summed E-state index contributed by atoms with van der Waals surface area (Å²) in [7, 11) is 0. The molecule has 1 aliphatic rings. The summed E-state index contributed by atoms with van der Waals surface area (Å²) >= 11 is 0. The number of hydrogen-bond acceptors (Lipinski definition) is 4. The number of carbonyl (C=O) groups is 1. The van der Waals surface area contributed by atoms with Gasteiger partial charge in [0.15, 0.2) is 5.65 Å². The summed E-state index contributed by atoms with van der Waals surface area (Å²) in [5.41, 5.74) is 1.28. The van der Waals surface area contributed by atoms with Gasteiger partial charge >= 0.3 is 0 Å². The number of amides is 1. The zero-order chi connectivity index (χ0) is 15.9. The van der Waals surface area contributed by atoms with Crippen molar-refractivity contribution in [3.05, 3.63) is 24.2 Å². The zero-order valence-electron chi connectivity index (χ0n) is 13.3. The molecule has 1 atom stereocenters. The minimum atomic E-state index is -0.786. The number of fused-ring (bicyclic) bond motifs is 1. The number of pyridine rings is 1. The van der Waals surface area contributed by atoms with Gasteiger partial charge in [-0.25, -0.2) is 9.97 Å². The number of carbonyl (C=O) groups excluding carboxylic acids is 1. The van der Waals surface area contributed by atoms with Crippen molar-refractivity contribution < 1.29 is 9.90 Å². The van der Waals surface area contributed by atoms with Gasteiger partial charge < -0.3 is 14.6 Å². The van der Waals surface area contributed by atoms with Crippen molar-refractivity contribution >= 4 is 17.1 Å². The molecule has 1 saturated heterocycles. The molecule has 1 fully saturated rings. The van der Waals surface area contributed by atoms with Crippen LogP contribution in [0.1, 0.15) is 37.6 Å². The molecule has 3 rings (SSSR count). The Balaban J connectivity index is 1.85. The summed E-state index contributed by atoms with van der Waals surface area (Å²) in [4.78, 5) is 22.9. The third-order valence-electron chi connectivity index (χ3n) is 4.00. The van der Waals surface area contributed by atoms with Crippen LogP contribution in [0, 0.1) is 5.92 Å². The summed E-state index contributed by atoms with van der Waals surface area (Å²) < 4.78 is 2.01. The van der Waals surface area contributed by atoms with Crippen LogP contribution in [0.25, 0.3) is 11.2 Å². The molecule has 2 aromatic rings. The van der Waals surface area contributed by atoms with E-state index in [0.29, 0.717) is 31.0 Å². The molecule has 1 N–H and O–H groups in total. The highest BCUT2D eigenvalue weighted by Crippen LogP contribution is 2.23. The zero-order valence-corrected chi connectivity index (χ0v) is 13.3. The third kappa shape index (κ3) is 2.83. The first kappa shape index (κ1) is 15.0. The smallest absolute Gasteiger partial charge is 0.255 e. The molecule has 0 saturated carbocycles. The Kier molecular flexibility index (Phi) is 3.64. The molecule has 6 nitrogen and oxygen atoms in total. The lowest BCUT2D eigenvalue weighted by atomic mass is 10.1. The maximum Gasteiger partial charge on any atom is 0.255 e. The molecule has 6 heteroatoms. The van der Waals surface area contributed by atoms with Crippen LogP contribution in [0.2, 0.25) is 0 Å². The number of β-amino-alcohol motifs (C(OH)–C–C–N with tert-alkyl or cyclic N) is 1. The van der Waals surface area contributed by atoms with Crippen molar-refractivity contribution in [2.75, 3.05) is 13.1 Å². The minimum Gasteiger partial charge on any atom is -0.388 e. The first-order valence-electron chi connectivity index (χ1n) is 7.68. The van der Waals surface area contributed by atoms with Gasteiger partial charge in [-0.3, -0.25) is 4.79 Å². The lowest BCUT2D eigenvalue weighted by Gasteiger charge is -2.18. The molecule has 1 unspecified atom stereocenters. The van der Waals surface area contributed by atoms with Crippen molar-refractivity contribution in [2.24, 2.45) is 5.92 Å². The Morgan fingerprint density at radius 2 is 2.23 bits per heavy atom. The number of nitrogens with zero attached hydrogens (tertiary/aromatic N) is 4. The largest absolute Gasteiger partial charge is 0.388 e. The first-order chi connectivity index (χ1) is 10.4. The summed E-state index contributed by atoms with van der Waals surface area (Å²) in [6.45, 7) is 7.84. The number of rotatable bonds is 3. The van der Waals surface area contributed by atoms with Crippen LogP contribution in [0.4, 0.5) is 0 Å². The van der Waals surface area contributed by atoms with Crippen LogP contribution < -0.4 is 0 Å². The van der Waals surface area contributed by atoms with E-state index in [-0.39, 0.29) is 5.91 Å². The van der Waals surface area contributed by atoms with E-state index in [1.165, 1.54) is 0 Å². The van der Waals surface area contributed by atoms with E-state index >= 15 is 0 Å².